The average molecular weight is 387 g/mol. The first-order chi connectivity index (χ1) is 13.4. The van der Waals surface area contributed by atoms with Crippen molar-refractivity contribution in [2.75, 3.05) is 20.8 Å². The van der Waals surface area contributed by atoms with Crippen molar-refractivity contribution in [2.24, 2.45) is 7.05 Å². The normalized spacial score (nSPS) is 18.5. The van der Waals surface area contributed by atoms with E-state index in [1.54, 1.807) is 18.9 Å². The van der Waals surface area contributed by atoms with Gasteiger partial charge in [-0.1, -0.05) is 6.07 Å². The van der Waals surface area contributed by atoms with Gasteiger partial charge in [-0.2, -0.15) is 5.10 Å². The number of carbonyl (C=O) groups is 1. The van der Waals surface area contributed by atoms with Crippen LogP contribution in [0.15, 0.2) is 18.2 Å². The zero-order valence-corrected chi connectivity index (χ0v) is 17.2. The van der Waals surface area contributed by atoms with Crippen LogP contribution < -0.4 is 14.8 Å². The second-order valence-corrected chi connectivity index (χ2v) is 7.18. The first kappa shape index (κ1) is 20.2. The SMILES string of the molecule is COc1ccc(CCCNC(=O)c2nn(C)c3c2C[C@H](C)O[C@@H]3C)cc1OC. The largest absolute Gasteiger partial charge is 0.493 e. The fraction of sp³-hybridized carbons (Fsp3) is 0.524. The van der Waals surface area contributed by atoms with E-state index in [9.17, 15) is 4.79 Å². The molecule has 2 atom stereocenters. The van der Waals surface area contributed by atoms with Gasteiger partial charge >= 0.3 is 0 Å². The number of benzene rings is 1. The first-order valence-electron chi connectivity index (χ1n) is 9.65. The Morgan fingerprint density at radius 1 is 1.29 bits per heavy atom. The molecule has 1 amide bonds. The molecule has 0 radical (unpaired) electrons. The number of nitrogens with zero attached hydrogens (tertiary/aromatic N) is 2. The number of hydrogen-bond donors (Lipinski definition) is 1. The van der Waals surface area contributed by atoms with Gasteiger partial charge in [0, 0.05) is 25.6 Å². The summed E-state index contributed by atoms with van der Waals surface area (Å²) in [6.45, 7) is 4.61. The quantitative estimate of drug-likeness (QED) is 0.740. The third-order valence-corrected chi connectivity index (χ3v) is 5.10. The van der Waals surface area contributed by atoms with E-state index in [0.29, 0.717) is 24.4 Å². The van der Waals surface area contributed by atoms with Gasteiger partial charge in [0.25, 0.3) is 5.91 Å². The molecule has 1 aliphatic rings. The molecule has 0 saturated heterocycles. The summed E-state index contributed by atoms with van der Waals surface area (Å²) < 4.78 is 18.2. The van der Waals surface area contributed by atoms with Crippen LogP contribution in [0.2, 0.25) is 0 Å². The highest BCUT2D eigenvalue weighted by Crippen LogP contribution is 2.31. The molecule has 152 valence electrons. The fourth-order valence-corrected chi connectivity index (χ4v) is 3.84. The topological polar surface area (TPSA) is 74.6 Å². The molecule has 2 aromatic rings. The van der Waals surface area contributed by atoms with Gasteiger partial charge in [0.1, 0.15) is 0 Å². The maximum absolute atomic E-state index is 12.7. The van der Waals surface area contributed by atoms with Crippen LogP contribution in [0.3, 0.4) is 0 Å². The van der Waals surface area contributed by atoms with E-state index in [-0.39, 0.29) is 18.1 Å². The molecular formula is C21H29N3O4. The number of methoxy groups -OCH3 is 2. The van der Waals surface area contributed by atoms with Crippen molar-refractivity contribution < 1.29 is 19.0 Å². The van der Waals surface area contributed by atoms with Crippen molar-refractivity contribution in [1.82, 2.24) is 15.1 Å². The zero-order chi connectivity index (χ0) is 20.3. The van der Waals surface area contributed by atoms with Gasteiger partial charge in [0.2, 0.25) is 0 Å². The summed E-state index contributed by atoms with van der Waals surface area (Å²) in [5, 5.41) is 7.45. The van der Waals surface area contributed by atoms with Crippen LogP contribution in [0.4, 0.5) is 0 Å². The van der Waals surface area contributed by atoms with Crippen molar-refractivity contribution in [3.63, 3.8) is 0 Å². The molecule has 2 heterocycles. The van der Waals surface area contributed by atoms with Gasteiger partial charge in [-0.25, -0.2) is 0 Å². The molecule has 0 unspecified atom stereocenters. The summed E-state index contributed by atoms with van der Waals surface area (Å²) in [5.74, 6) is 1.31. The standard InChI is InChI=1S/C21H29N3O4/c1-13-11-16-19(23-24(3)20(16)14(2)28-13)21(25)22-10-6-7-15-8-9-17(26-4)18(12-15)27-5/h8-9,12-14H,6-7,10-11H2,1-5H3,(H,22,25)/t13-,14+/m0/s1. The zero-order valence-electron chi connectivity index (χ0n) is 17.2. The molecule has 1 aromatic carbocycles. The number of nitrogens with one attached hydrogen (secondary N) is 1. The Labute approximate surface area is 166 Å². The summed E-state index contributed by atoms with van der Waals surface area (Å²) in [7, 11) is 5.11. The number of amides is 1. The number of rotatable bonds is 7. The molecule has 0 spiro atoms. The molecule has 0 saturated carbocycles. The van der Waals surface area contributed by atoms with Crippen LogP contribution in [0, 0.1) is 0 Å². The molecule has 1 aromatic heterocycles. The minimum Gasteiger partial charge on any atom is -0.493 e. The van der Waals surface area contributed by atoms with Gasteiger partial charge in [0.05, 0.1) is 32.1 Å². The lowest BCUT2D eigenvalue weighted by atomic mass is 9.99. The molecule has 7 nitrogen and oxygen atoms in total. The van der Waals surface area contributed by atoms with Crippen LogP contribution >= 0.6 is 0 Å². The van der Waals surface area contributed by atoms with E-state index in [1.165, 1.54) is 0 Å². The number of carbonyl (C=O) groups excluding carboxylic acids is 1. The summed E-state index contributed by atoms with van der Waals surface area (Å²) >= 11 is 0. The number of ether oxygens (including phenoxy) is 3. The van der Waals surface area contributed by atoms with Crippen molar-refractivity contribution in [1.29, 1.82) is 0 Å². The molecule has 0 bridgehead atoms. The van der Waals surface area contributed by atoms with E-state index < -0.39 is 0 Å². The molecule has 7 heteroatoms. The van der Waals surface area contributed by atoms with Crippen molar-refractivity contribution >= 4 is 5.91 Å². The number of aryl methyl sites for hydroxylation is 2. The Morgan fingerprint density at radius 3 is 2.75 bits per heavy atom. The van der Waals surface area contributed by atoms with E-state index in [1.807, 2.05) is 39.1 Å². The van der Waals surface area contributed by atoms with E-state index in [4.69, 9.17) is 14.2 Å². The Kier molecular flexibility index (Phi) is 6.24. The van der Waals surface area contributed by atoms with Gasteiger partial charge in [-0.3, -0.25) is 9.48 Å². The van der Waals surface area contributed by atoms with Crippen LogP contribution in [0.5, 0.6) is 11.5 Å². The Bertz CT molecular complexity index is 846. The van der Waals surface area contributed by atoms with Crippen LogP contribution in [-0.4, -0.2) is 42.6 Å². The number of hydrogen-bond acceptors (Lipinski definition) is 5. The fourth-order valence-electron chi connectivity index (χ4n) is 3.84. The summed E-state index contributed by atoms with van der Waals surface area (Å²) in [6.07, 6.45) is 2.41. The highest BCUT2D eigenvalue weighted by molar-refractivity contribution is 5.94. The van der Waals surface area contributed by atoms with Gasteiger partial charge in [-0.15, -0.1) is 0 Å². The van der Waals surface area contributed by atoms with Gasteiger partial charge < -0.3 is 19.5 Å². The highest BCUT2D eigenvalue weighted by atomic mass is 16.5. The molecule has 28 heavy (non-hydrogen) atoms. The number of fused-ring (bicyclic) bond motifs is 1. The van der Waals surface area contributed by atoms with Gasteiger partial charge in [0.15, 0.2) is 17.2 Å². The minimum absolute atomic E-state index is 0.0529. The van der Waals surface area contributed by atoms with Gasteiger partial charge in [-0.05, 0) is 44.4 Å². The number of aromatic nitrogens is 2. The summed E-state index contributed by atoms with van der Waals surface area (Å²) in [4.78, 5) is 12.7. The summed E-state index contributed by atoms with van der Waals surface area (Å²) in [5.41, 5.74) is 3.66. The molecular weight excluding hydrogens is 358 g/mol. The second kappa shape index (κ2) is 8.65. The molecule has 1 aliphatic heterocycles. The third-order valence-electron chi connectivity index (χ3n) is 5.10. The first-order valence-corrected chi connectivity index (χ1v) is 9.65. The maximum atomic E-state index is 12.7. The monoisotopic (exact) mass is 387 g/mol. The second-order valence-electron chi connectivity index (χ2n) is 7.18. The molecule has 1 N–H and O–H groups in total. The molecule has 0 fully saturated rings. The maximum Gasteiger partial charge on any atom is 0.272 e. The molecule has 3 rings (SSSR count). The predicted octanol–water partition coefficient (Wildman–Crippen LogP) is 2.82. The lowest BCUT2D eigenvalue weighted by molar-refractivity contribution is -0.00902. The van der Waals surface area contributed by atoms with Crippen LogP contribution in [0.1, 0.15) is 53.7 Å². The lowest BCUT2D eigenvalue weighted by Gasteiger charge is -2.26. The van der Waals surface area contributed by atoms with Crippen LogP contribution in [-0.2, 0) is 24.6 Å². The van der Waals surface area contributed by atoms with Crippen molar-refractivity contribution in [2.45, 2.75) is 45.3 Å². The smallest absolute Gasteiger partial charge is 0.272 e. The van der Waals surface area contributed by atoms with Crippen LogP contribution in [0.25, 0.3) is 0 Å². The summed E-state index contributed by atoms with van der Waals surface area (Å²) in [6, 6.07) is 5.89. The van der Waals surface area contributed by atoms with E-state index in [0.717, 1.165) is 35.4 Å². The van der Waals surface area contributed by atoms with Crippen molar-refractivity contribution in [3.8, 4) is 11.5 Å². The van der Waals surface area contributed by atoms with E-state index >= 15 is 0 Å². The highest BCUT2D eigenvalue weighted by Gasteiger charge is 2.31. The Balaban J connectivity index is 1.58. The molecule has 0 aliphatic carbocycles. The average Bonchev–Trinajstić information content (AvgIpc) is 3.01. The third kappa shape index (κ3) is 4.14. The Hall–Kier alpha value is -2.54. The predicted molar refractivity (Wildman–Crippen MR) is 106 cm³/mol. The van der Waals surface area contributed by atoms with E-state index in [2.05, 4.69) is 10.4 Å². The van der Waals surface area contributed by atoms with Crippen molar-refractivity contribution in [3.05, 3.63) is 40.7 Å². The lowest BCUT2D eigenvalue weighted by Crippen LogP contribution is -2.28. The minimum atomic E-state index is -0.120. The Morgan fingerprint density at radius 2 is 2.04 bits per heavy atom.